The quantitative estimate of drug-likeness (QED) is 0.764. The van der Waals surface area contributed by atoms with E-state index in [0.29, 0.717) is 5.56 Å². The molecule has 0 heterocycles. The van der Waals surface area contributed by atoms with Gasteiger partial charge in [0.25, 0.3) is 0 Å². The molecule has 0 N–H and O–H groups in total. The van der Waals surface area contributed by atoms with Crippen LogP contribution in [0.15, 0.2) is 48.5 Å². The van der Waals surface area contributed by atoms with Crippen LogP contribution in [0.3, 0.4) is 0 Å². The second-order valence-corrected chi connectivity index (χ2v) is 4.08. The van der Waals surface area contributed by atoms with Crippen LogP contribution in [0.5, 0.6) is 0 Å². The van der Waals surface area contributed by atoms with Gasteiger partial charge in [0.05, 0.1) is 12.7 Å². The molecule has 0 bridgehead atoms. The molecule has 0 aliphatic rings. The van der Waals surface area contributed by atoms with Gasteiger partial charge < -0.3 is 4.74 Å². The first-order valence-corrected chi connectivity index (χ1v) is 6.03. The fourth-order valence-electron chi connectivity index (χ4n) is 2.04. The van der Waals surface area contributed by atoms with Gasteiger partial charge in [-0.3, -0.25) is 0 Å². The van der Waals surface area contributed by atoms with Crippen LogP contribution in [-0.2, 0) is 11.2 Å². The lowest BCUT2D eigenvalue weighted by Crippen LogP contribution is -2.01. The summed E-state index contributed by atoms with van der Waals surface area (Å²) in [6.07, 6.45) is 0.971. The third-order valence-electron chi connectivity index (χ3n) is 2.99. The third-order valence-corrected chi connectivity index (χ3v) is 2.99. The van der Waals surface area contributed by atoms with Gasteiger partial charge in [-0.1, -0.05) is 43.3 Å². The van der Waals surface area contributed by atoms with Gasteiger partial charge in [0.2, 0.25) is 0 Å². The number of hydrogen-bond acceptors (Lipinski definition) is 2. The van der Waals surface area contributed by atoms with E-state index in [0.717, 1.165) is 12.0 Å². The maximum Gasteiger partial charge on any atom is 0.337 e. The van der Waals surface area contributed by atoms with Gasteiger partial charge in [0.15, 0.2) is 0 Å². The zero-order chi connectivity index (χ0) is 13.0. The molecule has 2 rings (SSSR count). The van der Waals surface area contributed by atoms with Crippen LogP contribution in [0.1, 0.15) is 22.8 Å². The van der Waals surface area contributed by atoms with Crippen LogP contribution < -0.4 is 0 Å². The van der Waals surface area contributed by atoms with E-state index in [1.165, 1.54) is 18.2 Å². The topological polar surface area (TPSA) is 26.3 Å². The molecule has 0 aliphatic carbocycles. The first-order valence-electron chi connectivity index (χ1n) is 6.03. The Morgan fingerprint density at radius 3 is 2.61 bits per heavy atom. The number of hydrogen-bond donors (Lipinski definition) is 0. The largest absolute Gasteiger partial charge is 0.465 e. The number of carbonyl (C=O) groups excluding carboxylic acids is 1. The molecule has 0 aliphatic heterocycles. The molecule has 2 heteroatoms. The van der Waals surface area contributed by atoms with Crippen molar-refractivity contribution in [2.45, 2.75) is 13.3 Å². The summed E-state index contributed by atoms with van der Waals surface area (Å²) in [5.41, 5.74) is 4.08. The molecule has 0 saturated heterocycles. The number of methoxy groups -OCH3 is 1. The van der Waals surface area contributed by atoms with E-state index in [2.05, 4.69) is 19.1 Å². The van der Waals surface area contributed by atoms with Gasteiger partial charge in [-0.25, -0.2) is 4.79 Å². The summed E-state index contributed by atoms with van der Waals surface area (Å²) in [5, 5.41) is 0. The fourth-order valence-corrected chi connectivity index (χ4v) is 2.04. The summed E-state index contributed by atoms with van der Waals surface area (Å²) < 4.78 is 4.74. The van der Waals surface area contributed by atoms with Crippen LogP contribution in [0.25, 0.3) is 11.1 Å². The van der Waals surface area contributed by atoms with Gasteiger partial charge in [0.1, 0.15) is 0 Å². The van der Waals surface area contributed by atoms with Crippen molar-refractivity contribution in [2.75, 3.05) is 7.11 Å². The third kappa shape index (κ3) is 2.43. The predicted molar refractivity (Wildman–Crippen MR) is 72.6 cm³/mol. The molecule has 0 radical (unpaired) electrons. The van der Waals surface area contributed by atoms with Crippen LogP contribution in [0.2, 0.25) is 0 Å². The molecule has 0 aromatic heterocycles. The second kappa shape index (κ2) is 5.50. The van der Waals surface area contributed by atoms with Crippen molar-refractivity contribution >= 4 is 5.97 Å². The highest BCUT2D eigenvalue weighted by Gasteiger charge is 2.08. The van der Waals surface area contributed by atoms with E-state index >= 15 is 0 Å². The standard InChI is InChI=1S/C16H16O2/c1-3-12-7-4-5-10-15(12)13-8-6-9-14(11-13)16(17)18-2/h4-11H,3H2,1-2H3. The molecule has 18 heavy (non-hydrogen) atoms. The molecule has 0 saturated carbocycles. The SMILES string of the molecule is CCc1ccccc1-c1cccc(C(=O)OC)c1. The Bertz CT molecular complexity index is 559. The van der Waals surface area contributed by atoms with Gasteiger partial charge in [-0.05, 0) is 35.2 Å². The molecular weight excluding hydrogens is 224 g/mol. The average molecular weight is 240 g/mol. The number of ether oxygens (including phenoxy) is 1. The van der Waals surface area contributed by atoms with E-state index < -0.39 is 0 Å². The van der Waals surface area contributed by atoms with Crippen LogP contribution >= 0.6 is 0 Å². The minimum Gasteiger partial charge on any atom is -0.465 e. The van der Waals surface area contributed by atoms with E-state index in [1.54, 1.807) is 6.07 Å². The number of esters is 1. The number of aryl methyl sites for hydroxylation is 1. The second-order valence-electron chi connectivity index (χ2n) is 4.08. The Kier molecular flexibility index (Phi) is 3.78. The molecule has 92 valence electrons. The Morgan fingerprint density at radius 1 is 1.11 bits per heavy atom. The van der Waals surface area contributed by atoms with Crippen molar-refractivity contribution in [3.05, 3.63) is 59.7 Å². The van der Waals surface area contributed by atoms with E-state index in [1.807, 2.05) is 30.3 Å². The Labute approximate surface area is 107 Å². The molecule has 2 nitrogen and oxygen atoms in total. The molecule has 0 amide bonds. The van der Waals surface area contributed by atoms with E-state index in [9.17, 15) is 4.79 Å². The Hall–Kier alpha value is -2.09. The van der Waals surface area contributed by atoms with Gasteiger partial charge in [0, 0.05) is 0 Å². The highest BCUT2D eigenvalue weighted by molar-refractivity contribution is 5.91. The zero-order valence-electron chi connectivity index (χ0n) is 10.6. The van der Waals surface area contributed by atoms with Crippen LogP contribution in [-0.4, -0.2) is 13.1 Å². The van der Waals surface area contributed by atoms with Crippen LogP contribution in [0.4, 0.5) is 0 Å². The van der Waals surface area contributed by atoms with E-state index in [-0.39, 0.29) is 5.97 Å². The summed E-state index contributed by atoms with van der Waals surface area (Å²) in [6.45, 7) is 2.13. The molecule has 2 aromatic rings. The Balaban J connectivity index is 2.48. The summed E-state index contributed by atoms with van der Waals surface area (Å²) in [4.78, 5) is 11.5. The first kappa shape index (κ1) is 12.4. The van der Waals surface area contributed by atoms with E-state index in [4.69, 9.17) is 4.74 Å². The average Bonchev–Trinajstić information content (AvgIpc) is 2.46. The number of carbonyl (C=O) groups is 1. The molecule has 0 fully saturated rings. The molecule has 2 aromatic carbocycles. The monoisotopic (exact) mass is 240 g/mol. The lowest BCUT2D eigenvalue weighted by atomic mass is 9.97. The predicted octanol–water partition coefficient (Wildman–Crippen LogP) is 3.70. The van der Waals surface area contributed by atoms with Crippen molar-refractivity contribution in [1.29, 1.82) is 0 Å². The molecule has 0 spiro atoms. The lowest BCUT2D eigenvalue weighted by molar-refractivity contribution is 0.0601. The highest BCUT2D eigenvalue weighted by Crippen LogP contribution is 2.25. The number of benzene rings is 2. The minimum absolute atomic E-state index is 0.300. The minimum atomic E-state index is -0.300. The first-order chi connectivity index (χ1) is 8.76. The fraction of sp³-hybridized carbons (Fsp3) is 0.188. The smallest absolute Gasteiger partial charge is 0.337 e. The van der Waals surface area contributed by atoms with Crippen LogP contribution in [0, 0.1) is 0 Å². The maximum absolute atomic E-state index is 11.5. The van der Waals surface area contributed by atoms with Gasteiger partial charge in [-0.15, -0.1) is 0 Å². The summed E-state index contributed by atoms with van der Waals surface area (Å²) in [5.74, 6) is -0.300. The summed E-state index contributed by atoms with van der Waals surface area (Å²) in [6, 6.07) is 15.8. The molecule has 0 atom stereocenters. The summed E-state index contributed by atoms with van der Waals surface area (Å²) >= 11 is 0. The lowest BCUT2D eigenvalue weighted by Gasteiger charge is -2.09. The van der Waals surface area contributed by atoms with Crippen molar-refractivity contribution in [2.24, 2.45) is 0 Å². The van der Waals surface area contributed by atoms with Crippen molar-refractivity contribution in [1.82, 2.24) is 0 Å². The Morgan fingerprint density at radius 2 is 1.89 bits per heavy atom. The van der Waals surface area contributed by atoms with Crippen molar-refractivity contribution in [3.8, 4) is 11.1 Å². The van der Waals surface area contributed by atoms with Gasteiger partial charge >= 0.3 is 5.97 Å². The molecule has 0 unspecified atom stereocenters. The van der Waals surface area contributed by atoms with Gasteiger partial charge in [-0.2, -0.15) is 0 Å². The van der Waals surface area contributed by atoms with Crippen molar-refractivity contribution in [3.63, 3.8) is 0 Å². The normalized spacial score (nSPS) is 10.1. The molecular formula is C16H16O2. The number of rotatable bonds is 3. The summed E-state index contributed by atoms with van der Waals surface area (Å²) in [7, 11) is 1.40. The zero-order valence-corrected chi connectivity index (χ0v) is 10.6. The highest BCUT2D eigenvalue weighted by atomic mass is 16.5. The maximum atomic E-state index is 11.5. The van der Waals surface area contributed by atoms with Crippen molar-refractivity contribution < 1.29 is 9.53 Å².